The van der Waals surface area contributed by atoms with Crippen molar-refractivity contribution >= 4 is 23.2 Å². The summed E-state index contributed by atoms with van der Waals surface area (Å²) in [5, 5.41) is 7.96. The van der Waals surface area contributed by atoms with E-state index >= 15 is 0 Å². The minimum absolute atomic E-state index is 0.0961. The van der Waals surface area contributed by atoms with Gasteiger partial charge in [0.1, 0.15) is 0 Å². The third kappa shape index (κ3) is 4.11. The smallest absolute Gasteiger partial charge is 0.295 e. The maximum atomic E-state index is 12.8. The van der Waals surface area contributed by atoms with Crippen LogP contribution in [0.25, 0.3) is 17.1 Å². The normalized spacial score (nSPS) is 10.8. The SMILES string of the molecule is Cc1ccc(-c2nc(C(=O)Nc3ccc(Cl)cc3)nn2-c2ccc(C)c(C)c2)cc1. The summed E-state index contributed by atoms with van der Waals surface area (Å²) in [4.78, 5) is 17.4. The molecule has 3 aromatic carbocycles. The largest absolute Gasteiger partial charge is 0.319 e. The Morgan fingerprint density at radius 3 is 2.27 bits per heavy atom. The minimum atomic E-state index is -0.381. The Kier molecular flexibility index (Phi) is 5.38. The van der Waals surface area contributed by atoms with Crippen molar-refractivity contribution in [3.8, 4) is 17.1 Å². The van der Waals surface area contributed by atoms with Gasteiger partial charge in [-0.1, -0.05) is 47.5 Å². The zero-order chi connectivity index (χ0) is 21.3. The standard InChI is InChI=1S/C24H21ClN4O/c1-15-4-7-18(8-5-15)23-27-22(24(30)26-20-11-9-19(25)10-12-20)28-29(23)21-13-6-16(2)17(3)14-21/h4-14H,1-3H3,(H,26,30). The third-order valence-electron chi connectivity index (χ3n) is 4.96. The summed E-state index contributed by atoms with van der Waals surface area (Å²) in [5.74, 6) is 0.325. The van der Waals surface area contributed by atoms with Crippen molar-refractivity contribution in [2.24, 2.45) is 0 Å². The van der Waals surface area contributed by atoms with Crippen LogP contribution in [0.3, 0.4) is 0 Å². The number of hydrogen-bond donors (Lipinski definition) is 1. The summed E-state index contributed by atoms with van der Waals surface area (Å²) in [7, 11) is 0. The van der Waals surface area contributed by atoms with Gasteiger partial charge in [0.15, 0.2) is 5.82 Å². The summed E-state index contributed by atoms with van der Waals surface area (Å²) >= 11 is 5.92. The second kappa shape index (κ2) is 8.13. The molecule has 0 aliphatic carbocycles. The Labute approximate surface area is 180 Å². The molecule has 1 amide bonds. The molecule has 4 rings (SSSR count). The van der Waals surface area contributed by atoms with Crippen molar-refractivity contribution < 1.29 is 4.79 Å². The molecule has 0 aliphatic heterocycles. The minimum Gasteiger partial charge on any atom is -0.319 e. The molecule has 0 aliphatic rings. The van der Waals surface area contributed by atoms with Crippen LogP contribution in [0.5, 0.6) is 0 Å². The molecule has 0 saturated heterocycles. The van der Waals surface area contributed by atoms with Gasteiger partial charge in [0.25, 0.3) is 5.91 Å². The van der Waals surface area contributed by atoms with Gasteiger partial charge < -0.3 is 5.32 Å². The molecule has 150 valence electrons. The number of anilines is 1. The highest BCUT2D eigenvalue weighted by Crippen LogP contribution is 2.24. The molecule has 30 heavy (non-hydrogen) atoms. The topological polar surface area (TPSA) is 59.8 Å². The first-order chi connectivity index (χ1) is 14.4. The lowest BCUT2D eigenvalue weighted by Gasteiger charge is -2.08. The predicted octanol–water partition coefficient (Wildman–Crippen LogP) is 5.77. The molecule has 6 heteroatoms. The third-order valence-corrected chi connectivity index (χ3v) is 5.21. The number of nitrogens with one attached hydrogen (secondary N) is 1. The molecule has 0 unspecified atom stereocenters. The molecular weight excluding hydrogens is 396 g/mol. The van der Waals surface area contributed by atoms with Crippen LogP contribution in [0.15, 0.2) is 66.7 Å². The average Bonchev–Trinajstić information content (AvgIpc) is 3.18. The van der Waals surface area contributed by atoms with E-state index in [2.05, 4.69) is 29.2 Å². The van der Waals surface area contributed by atoms with Crippen LogP contribution in [-0.2, 0) is 0 Å². The van der Waals surface area contributed by atoms with Crippen molar-refractivity contribution in [1.29, 1.82) is 0 Å². The van der Waals surface area contributed by atoms with Crippen LogP contribution < -0.4 is 5.32 Å². The molecule has 5 nitrogen and oxygen atoms in total. The highest BCUT2D eigenvalue weighted by Gasteiger charge is 2.19. The molecule has 0 bridgehead atoms. The quantitative estimate of drug-likeness (QED) is 0.459. The van der Waals surface area contributed by atoms with Crippen LogP contribution in [0.1, 0.15) is 27.3 Å². The number of nitrogens with zero attached hydrogens (tertiary/aromatic N) is 3. The Bertz CT molecular complexity index is 1210. The van der Waals surface area contributed by atoms with E-state index in [4.69, 9.17) is 11.6 Å². The van der Waals surface area contributed by atoms with Crippen molar-refractivity contribution in [3.05, 3.63) is 94.3 Å². The molecule has 0 radical (unpaired) electrons. The summed E-state index contributed by atoms with van der Waals surface area (Å²) in [5.41, 5.74) is 5.85. The Morgan fingerprint density at radius 1 is 0.900 bits per heavy atom. The molecule has 0 spiro atoms. The predicted molar refractivity (Wildman–Crippen MR) is 120 cm³/mol. The van der Waals surface area contributed by atoms with Crippen LogP contribution in [-0.4, -0.2) is 20.7 Å². The van der Waals surface area contributed by atoms with Crippen molar-refractivity contribution in [2.45, 2.75) is 20.8 Å². The number of rotatable bonds is 4. The van der Waals surface area contributed by atoms with Crippen LogP contribution >= 0.6 is 11.6 Å². The van der Waals surface area contributed by atoms with E-state index in [1.54, 1.807) is 28.9 Å². The van der Waals surface area contributed by atoms with Crippen molar-refractivity contribution in [1.82, 2.24) is 14.8 Å². The van der Waals surface area contributed by atoms with Crippen LogP contribution in [0, 0.1) is 20.8 Å². The lowest BCUT2D eigenvalue weighted by Crippen LogP contribution is -2.14. The lowest BCUT2D eigenvalue weighted by atomic mass is 10.1. The molecular formula is C24H21ClN4O. The van der Waals surface area contributed by atoms with E-state index in [1.165, 1.54) is 5.56 Å². The average molecular weight is 417 g/mol. The second-order valence-corrected chi connectivity index (χ2v) is 7.70. The number of aromatic nitrogens is 3. The maximum absolute atomic E-state index is 12.8. The summed E-state index contributed by atoms with van der Waals surface area (Å²) in [6.45, 7) is 6.14. The van der Waals surface area contributed by atoms with E-state index in [-0.39, 0.29) is 11.7 Å². The molecule has 1 heterocycles. The van der Waals surface area contributed by atoms with E-state index < -0.39 is 0 Å². The highest BCUT2D eigenvalue weighted by atomic mass is 35.5. The fourth-order valence-electron chi connectivity index (χ4n) is 3.06. The number of hydrogen-bond acceptors (Lipinski definition) is 3. The van der Waals surface area contributed by atoms with Crippen molar-refractivity contribution in [2.75, 3.05) is 5.32 Å². The van der Waals surface area contributed by atoms with E-state index in [9.17, 15) is 4.79 Å². The Morgan fingerprint density at radius 2 is 1.60 bits per heavy atom. The fourth-order valence-corrected chi connectivity index (χ4v) is 3.18. The van der Waals surface area contributed by atoms with Gasteiger partial charge in [-0.3, -0.25) is 4.79 Å². The summed E-state index contributed by atoms with van der Waals surface area (Å²) in [6, 6.07) is 21.0. The number of amides is 1. The first-order valence-corrected chi connectivity index (χ1v) is 9.97. The first-order valence-electron chi connectivity index (χ1n) is 9.59. The Hall–Kier alpha value is -3.44. The van der Waals surface area contributed by atoms with Gasteiger partial charge in [0, 0.05) is 16.3 Å². The Balaban J connectivity index is 1.76. The number of carbonyl (C=O) groups excluding carboxylic acids is 1. The van der Waals surface area contributed by atoms with E-state index in [0.29, 0.717) is 16.5 Å². The fraction of sp³-hybridized carbons (Fsp3) is 0.125. The van der Waals surface area contributed by atoms with Crippen LogP contribution in [0.2, 0.25) is 5.02 Å². The molecule has 4 aromatic rings. The van der Waals surface area contributed by atoms with Gasteiger partial charge in [-0.25, -0.2) is 9.67 Å². The number of carbonyl (C=O) groups is 1. The van der Waals surface area contributed by atoms with Gasteiger partial charge in [0.05, 0.1) is 5.69 Å². The molecule has 1 aromatic heterocycles. The van der Waals surface area contributed by atoms with E-state index in [1.807, 2.05) is 49.4 Å². The monoisotopic (exact) mass is 416 g/mol. The summed E-state index contributed by atoms with van der Waals surface area (Å²) in [6.07, 6.45) is 0. The van der Waals surface area contributed by atoms with Gasteiger partial charge in [-0.2, -0.15) is 0 Å². The molecule has 1 N–H and O–H groups in total. The second-order valence-electron chi connectivity index (χ2n) is 7.27. The highest BCUT2D eigenvalue weighted by molar-refractivity contribution is 6.30. The van der Waals surface area contributed by atoms with Crippen molar-refractivity contribution in [3.63, 3.8) is 0 Å². The van der Waals surface area contributed by atoms with Gasteiger partial charge >= 0.3 is 0 Å². The molecule has 0 atom stereocenters. The van der Waals surface area contributed by atoms with Crippen LogP contribution in [0.4, 0.5) is 5.69 Å². The van der Waals surface area contributed by atoms with Gasteiger partial charge in [0.2, 0.25) is 5.82 Å². The number of halogens is 1. The van der Waals surface area contributed by atoms with E-state index in [0.717, 1.165) is 22.4 Å². The van der Waals surface area contributed by atoms with Gasteiger partial charge in [-0.05, 0) is 68.3 Å². The summed E-state index contributed by atoms with van der Waals surface area (Å²) < 4.78 is 1.72. The lowest BCUT2D eigenvalue weighted by molar-refractivity contribution is 0.101. The number of benzene rings is 3. The van der Waals surface area contributed by atoms with Gasteiger partial charge in [-0.15, -0.1) is 5.10 Å². The zero-order valence-corrected chi connectivity index (χ0v) is 17.7. The molecule has 0 fully saturated rings. The molecule has 0 saturated carbocycles. The number of aryl methyl sites for hydroxylation is 3. The zero-order valence-electron chi connectivity index (χ0n) is 17.0. The maximum Gasteiger partial charge on any atom is 0.295 e. The first kappa shape index (κ1) is 19.9.